The van der Waals surface area contributed by atoms with E-state index in [9.17, 15) is 4.79 Å². The van der Waals surface area contributed by atoms with Gasteiger partial charge in [0.15, 0.2) is 0 Å². The molecule has 2 rings (SSSR count). The molecule has 2 aromatic rings. The van der Waals surface area contributed by atoms with Crippen LogP contribution in [0.1, 0.15) is 26.6 Å². The molecule has 0 saturated carbocycles. The smallest absolute Gasteiger partial charge is 0.369 e. The Morgan fingerprint density at radius 1 is 1.50 bits per heavy atom. The summed E-state index contributed by atoms with van der Waals surface area (Å²) in [6, 6.07) is 4.03. The second-order valence-corrected chi connectivity index (χ2v) is 5.07. The summed E-state index contributed by atoms with van der Waals surface area (Å²) in [5.74, 6) is -0.391. The molecule has 4 nitrogen and oxygen atoms in total. The number of carbonyl (C=O) groups excluding carboxylic acids is 1. The molecule has 6 heteroatoms. The van der Waals surface area contributed by atoms with Crippen molar-refractivity contribution >= 4 is 28.6 Å². The van der Waals surface area contributed by atoms with E-state index in [1.165, 1.54) is 16.2 Å². The van der Waals surface area contributed by atoms with Gasteiger partial charge in [-0.2, -0.15) is 0 Å². The molecule has 0 radical (unpaired) electrons. The van der Waals surface area contributed by atoms with Gasteiger partial charge >= 0.3 is 5.97 Å². The van der Waals surface area contributed by atoms with Crippen LogP contribution >= 0.6 is 22.7 Å². The molecule has 2 heterocycles. The predicted molar refractivity (Wildman–Crippen MR) is 63.0 cm³/mol. The maximum Gasteiger partial charge on any atom is 0.369 e. The number of hydrogen-bond donors (Lipinski definition) is 0. The van der Waals surface area contributed by atoms with Crippen molar-refractivity contribution in [2.75, 3.05) is 6.61 Å². The summed E-state index contributed by atoms with van der Waals surface area (Å²) >= 11 is 2.96. The van der Waals surface area contributed by atoms with Gasteiger partial charge in [0.25, 0.3) is 0 Å². The number of ether oxygens (including phenoxy) is 1. The molecule has 0 N–H and O–H groups in total. The Kier molecular flexibility index (Phi) is 3.63. The molecule has 0 aliphatic rings. The van der Waals surface area contributed by atoms with E-state index in [2.05, 4.69) is 10.2 Å². The van der Waals surface area contributed by atoms with Crippen molar-refractivity contribution in [3.63, 3.8) is 0 Å². The number of esters is 1. The highest BCUT2D eigenvalue weighted by Crippen LogP contribution is 2.18. The van der Waals surface area contributed by atoms with Gasteiger partial charge in [-0.1, -0.05) is 17.4 Å². The minimum absolute atomic E-state index is 0.327. The van der Waals surface area contributed by atoms with Crippen LogP contribution in [-0.4, -0.2) is 22.8 Å². The summed E-state index contributed by atoms with van der Waals surface area (Å²) in [7, 11) is 0. The summed E-state index contributed by atoms with van der Waals surface area (Å²) in [5.41, 5.74) is 0. The third kappa shape index (κ3) is 2.65. The zero-order chi connectivity index (χ0) is 11.4. The maximum atomic E-state index is 11.3. The van der Waals surface area contributed by atoms with E-state index in [1.807, 2.05) is 17.5 Å². The highest BCUT2D eigenvalue weighted by Gasteiger charge is 2.13. The first-order valence-electron chi connectivity index (χ1n) is 4.81. The van der Waals surface area contributed by atoms with Gasteiger partial charge in [0.2, 0.25) is 5.01 Å². The fraction of sp³-hybridized carbons (Fsp3) is 0.300. The molecule has 0 atom stereocenters. The lowest BCUT2D eigenvalue weighted by Gasteiger charge is -1.94. The van der Waals surface area contributed by atoms with Crippen molar-refractivity contribution < 1.29 is 9.53 Å². The van der Waals surface area contributed by atoms with E-state index in [4.69, 9.17) is 4.74 Å². The summed E-state index contributed by atoms with van der Waals surface area (Å²) in [4.78, 5) is 12.6. The highest BCUT2D eigenvalue weighted by molar-refractivity contribution is 7.13. The van der Waals surface area contributed by atoms with Crippen LogP contribution in [0.2, 0.25) is 0 Å². The van der Waals surface area contributed by atoms with E-state index < -0.39 is 5.97 Å². The number of carbonyl (C=O) groups is 1. The SMILES string of the molecule is CCOC(=O)c1nnc(Cc2cccs2)s1. The van der Waals surface area contributed by atoms with Gasteiger partial charge < -0.3 is 4.74 Å². The topological polar surface area (TPSA) is 52.1 Å². The Morgan fingerprint density at radius 3 is 3.06 bits per heavy atom. The van der Waals surface area contributed by atoms with Crippen molar-refractivity contribution in [1.29, 1.82) is 0 Å². The largest absolute Gasteiger partial charge is 0.461 e. The van der Waals surface area contributed by atoms with Crippen LogP contribution in [0, 0.1) is 0 Å². The normalized spacial score (nSPS) is 10.3. The lowest BCUT2D eigenvalue weighted by atomic mass is 10.4. The van der Waals surface area contributed by atoms with Crippen molar-refractivity contribution in [3.05, 3.63) is 32.4 Å². The van der Waals surface area contributed by atoms with Crippen LogP contribution in [-0.2, 0) is 11.2 Å². The number of rotatable bonds is 4. The van der Waals surface area contributed by atoms with Gasteiger partial charge in [-0.25, -0.2) is 4.79 Å². The number of nitrogens with zero attached hydrogens (tertiary/aromatic N) is 2. The monoisotopic (exact) mass is 254 g/mol. The van der Waals surface area contributed by atoms with Gasteiger partial charge in [0.1, 0.15) is 5.01 Å². The third-order valence-corrected chi connectivity index (χ3v) is 3.60. The average Bonchev–Trinajstić information content (AvgIpc) is 2.90. The van der Waals surface area contributed by atoms with Gasteiger partial charge in [-0.15, -0.1) is 21.5 Å². The average molecular weight is 254 g/mol. The molecule has 2 aromatic heterocycles. The Bertz CT molecular complexity index is 465. The minimum atomic E-state index is -0.391. The zero-order valence-electron chi connectivity index (χ0n) is 8.67. The third-order valence-electron chi connectivity index (χ3n) is 1.82. The number of hydrogen-bond acceptors (Lipinski definition) is 6. The number of aromatic nitrogens is 2. The van der Waals surface area contributed by atoms with Crippen molar-refractivity contribution in [1.82, 2.24) is 10.2 Å². The first-order valence-corrected chi connectivity index (χ1v) is 6.51. The van der Waals surface area contributed by atoms with Crippen LogP contribution in [0.4, 0.5) is 0 Å². The van der Waals surface area contributed by atoms with Crippen molar-refractivity contribution in [2.45, 2.75) is 13.3 Å². The molecule has 0 spiro atoms. The van der Waals surface area contributed by atoms with E-state index in [0.29, 0.717) is 11.6 Å². The van der Waals surface area contributed by atoms with Crippen LogP contribution in [0.15, 0.2) is 17.5 Å². The van der Waals surface area contributed by atoms with E-state index in [-0.39, 0.29) is 0 Å². The molecule has 0 unspecified atom stereocenters. The fourth-order valence-electron chi connectivity index (χ4n) is 1.16. The molecule has 0 amide bonds. The maximum absolute atomic E-state index is 11.3. The predicted octanol–water partition coefficient (Wildman–Crippen LogP) is 2.37. The lowest BCUT2D eigenvalue weighted by Crippen LogP contribution is -2.03. The van der Waals surface area contributed by atoms with Crippen LogP contribution < -0.4 is 0 Å². The Hall–Kier alpha value is -1.27. The molecule has 84 valence electrons. The number of thiophene rings is 1. The summed E-state index contributed by atoms with van der Waals surface area (Å²) < 4.78 is 4.85. The lowest BCUT2D eigenvalue weighted by molar-refractivity contribution is 0.0525. The molecule has 0 saturated heterocycles. The Balaban J connectivity index is 2.05. The second kappa shape index (κ2) is 5.18. The Labute approximate surface area is 101 Å². The van der Waals surface area contributed by atoms with Crippen LogP contribution in [0.3, 0.4) is 0 Å². The van der Waals surface area contributed by atoms with Crippen LogP contribution in [0.25, 0.3) is 0 Å². The van der Waals surface area contributed by atoms with E-state index in [1.54, 1.807) is 18.3 Å². The van der Waals surface area contributed by atoms with Crippen LogP contribution in [0.5, 0.6) is 0 Å². The molecule has 0 aromatic carbocycles. The molecular formula is C10H10N2O2S2. The fourth-order valence-corrected chi connectivity index (χ4v) is 2.72. The van der Waals surface area contributed by atoms with Gasteiger partial charge in [0.05, 0.1) is 6.61 Å². The quantitative estimate of drug-likeness (QED) is 0.786. The minimum Gasteiger partial charge on any atom is -0.461 e. The highest BCUT2D eigenvalue weighted by atomic mass is 32.1. The van der Waals surface area contributed by atoms with Crippen molar-refractivity contribution in [3.8, 4) is 0 Å². The molecule has 0 bridgehead atoms. The Morgan fingerprint density at radius 2 is 2.38 bits per heavy atom. The second-order valence-electron chi connectivity index (χ2n) is 2.98. The molecule has 0 aliphatic carbocycles. The summed E-state index contributed by atoms with van der Waals surface area (Å²) in [5, 5.41) is 11.0. The zero-order valence-corrected chi connectivity index (χ0v) is 10.3. The molecule has 0 fully saturated rings. The summed E-state index contributed by atoms with van der Waals surface area (Å²) in [6.07, 6.45) is 0.731. The molecular weight excluding hydrogens is 244 g/mol. The van der Waals surface area contributed by atoms with Crippen molar-refractivity contribution in [2.24, 2.45) is 0 Å². The van der Waals surface area contributed by atoms with E-state index >= 15 is 0 Å². The standard InChI is InChI=1S/C10H10N2O2S2/c1-2-14-10(13)9-12-11-8(16-9)6-7-4-3-5-15-7/h3-5H,2,6H2,1H3. The van der Waals surface area contributed by atoms with Gasteiger partial charge in [0, 0.05) is 11.3 Å². The van der Waals surface area contributed by atoms with Gasteiger partial charge in [-0.05, 0) is 18.4 Å². The first-order chi connectivity index (χ1) is 7.79. The van der Waals surface area contributed by atoms with E-state index in [0.717, 1.165) is 11.4 Å². The molecule has 0 aliphatic heterocycles. The first kappa shape index (κ1) is 11.2. The molecule has 16 heavy (non-hydrogen) atoms. The van der Waals surface area contributed by atoms with Gasteiger partial charge in [-0.3, -0.25) is 0 Å². The summed E-state index contributed by atoms with van der Waals surface area (Å²) in [6.45, 7) is 2.13.